The number of hydrogen-bond donors (Lipinski definition) is 1. The Morgan fingerprint density at radius 2 is 1.90 bits per heavy atom. The summed E-state index contributed by atoms with van der Waals surface area (Å²) in [6.07, 6.45) is 1.08. The normalized spacial score (nSPS) is 12.1. The number of nitrogens with zero attached hydrogens (tertiary/aromatic N) is 1. The smallest absolute Gasteiger partial charge is 0.0474 e. The molecule has 3 nitrogen and oxygen atoms in total. The average molecular weight is 278 g/mol. The van der Waals surface area contributed by atoms with Crippen molar-refractivity contribution in [3.8, 4) is 0 Å². The SMILES string of the molecule is COCCCN(C)Cc1cccc(CNC(C)(C)C)c1. The number of nitrogens with one attached hydrogen (secondary N) is 1. The van der Waals surface area contributed by atoms with Crippen molar-refractivity contribution in [2.75, 3.05) is 27.3 Å². The second kappa shape index (κ2) is 8.40. The molecule has 1 aromatic carbocycles. The van der Waals surface area contributed by atoms with Crippen LogP contribution in [0.1, 0.15) is 38.3 Å². The van der Waals surface area contributed by atoms with Gasteiger partial charge in [0.2, 0.25) is 0 Å². The molecule has 0 aromatic heterocycles. The van der Waals surface area contributed by atoms with Crippen LogP contribution in [0.4, 0.5) is 0 Å². The molecule has 0 unspecified atom stereocenters. The molecule has 0 heterocycles. The first-order valence-corrected chi connectivity index (χ1v) is 7.41. The predicted molar refractivity (Wildman–Crippen MR) is 85.9 cm³/mol. The first-order valence-electron chi connectivity index (χ1n) is 7.41. The monoisotopic (exact) mass is 278 g/mol. The molecule has 0 atom stereocenters. The van der Waals surface area contributed by atoms with Crippen LogP contribution in [-0.2, 0) is 17.8 Å². The van der Waals surface area contributed by atoms with Gasteiger partial charge in [-0.15, -0.1) is 0 Å². The molecule has 0 fully saturated rings. The Bertz CT molecular complexity index is 385. The van der Waals surface area contributed by atoms with E-state index in [-0.39, 0.29) is 5.54 Å². The molecular formula is C17H30N2O. The Morgan fingerprint density at radius 3 is 2.55 bits per heavy atom. The molecule has 0 amide bonds. The van der Waals surface area contributed by atoms with E-state index in [1.807, 2.05) is 0 Å². The summed E-state index contributed by atoms with van der Waals surface area (Å²) in [6.45, 7) is 10.4. The number of methoxy groups -OCH3 is 1. The van der Waals surface area contributed by atoms with Gasteiger partial charge >= 0.3 is 0 Å². The van der Waals surface area contributed by atoms with E-state index in [9.17, 15) is 0 Å². The number of ether oxygens (including phenoxy) is 1. The van der Waals surface area contributed by atoms with E-state index in [0.29, 0.717) is 0 Å². The Kier molecular flexibility index (Phi) is 7.20. The molecule has 1 aromatic rings. The minimum atomic E-state index is 0.160. The molecule has 0 aliphatic carbocycles. The Balaban J connectivity index is 2.46. The Morgan fingerprint density at radius 1 is 1.20 bits per heavy atom. The van der Waals surface area contributed by atoms with Crippen LogP contribution in [0.25, 0.3) is 0 Å². The van der Waals surface area contributed by atoms with Crippen molar-refractivity contribution in [2.45, 2.75) is 45.8 Å². The molecule has 3 heteroatoms. The first-order chi connectivity index (χ1) is 9.40. The van der Waals surface area contributed by atoms with Crippen molar-refractivity contribution in [3.63, 3.8) is 0 Å². The third-order valence-electron chi connectivity index (χ3n) is 3.16. The van der Waals surface area contributed by atoms with Crippen molar-refractivity contribution in [1.29, 1.82) is 0 Å². The van der Waals surface area contributed by atoms with Crippen LogP contribution in [-0.4, -0.2) is 37.7 Å². The molecule has 0 saturated heterocycles. The zero-order valence-corrected chi connectivity index (χ0v) is 13.7. The van der Waals surface area contributed by atoms with E-state index in [0.717, 1.165) is 32.7 Å². The summed E-state index contributed by atoms with van der Waals surface area (Å²) in [5.41, 5.74) is 2.88. The Labute approximate surface area is 124 Å². The summed E-state index contributed by atoms with van der Waals surface area (Å²) in [5, 5.41) is 3.53. The van der Waals surface area contributed by atoms with Crippen molar-refractivity contribution in [3.05, 3.63) is 35.4 Å². The standard InChI is InChI=1S/C17H30N2O/c1-17(2,3)18-13-15-8-6-9-16(12-15)14-19(4)10-7-11-20-5/h6,8-9,12,18H,7,10-11,13-14H2,1-5H3. The highest BCUT2D eigenvalue weighted by atomic mass is 16.5. The maximum atomic E-state index is 5.09. The van der Waals surface area contributed by atoms with Crippen molar-refractivity contribution in [1.82, 2.24) is 10.2 Å². The van der Waals surface area contributed by atoms with Gasteiger partial charge < -0.3 is 15.0 Å². The quantitative estimate of drug-likeness (QED) is 0.740. The van der Waals surface area contributed by atoms with E-state index in [2.05, 4.69) is 62.3 Å². The molecule has 0 aliphatic rings. The molecule has 20 heavy (non-hydrogen) atoms. The van der Waals surface area contributed by atoms with Gasteiger partial charge in [-0.2, -0.15) is 0 Å². The maximum Gasteiger partial charge on any atom is 0.0474 e. The zero-order chi connectivity index (χ0) is 15.0. The van der Waals surface area contributed by atoms with E-state index in [1.165, 1.54) is 11.1 Å². The summed E-state index contributed by atoms with van der Waals surface area (Å²) in [7, 11) is 3.92. The van der Waals surface area contributed by atoms with Gasteiger partial charge in [-0.1, -0.05) is 24.3 Å². The lowest BCUT2D eigenvalue weighted by atomic mass is 10.1. The van der Waals surface area contributed by atoms with E-state index in [4.69, 9.17) is 4.74 Å². The van der Waals surface area contributed by atoms with Crippen LogP contribution in [0, 0.1) is 0 Å². The molecule has 1 rings (SSSR count). The lowest BCUT2D eigenvalue weighted by Crippen LogP contribution is -2.35. The largest absolute Gasteiger partial charge is 0.385 e. The minimum Gasteiger partial charge on any atom is -0.385 e. The molecule has 114 valence electrons. The first kappa shape index (κ1) is 17.2. The summed E-state index contributed by atoms with van der Waals surface area (Å²) in [5.74, 6) is 0. The van der Waals surface area contributed by atoms with Gasteiger partial charge in [0.05, 0.1) is 0 Å². The lowest BCUT2D eigenvalue weighted by molar-refractivity contribution is 0.178. The van der Waals surface area contributed by atoms with Crippen molar-refractivity contribution < 1.29 is 4.74 Å². The van der Waals surface area contributed by atoms with Crippen LogP contribution >= 0.6 is 0 Å². The maximum absolute atomic E-state index is 5.09. The van der Waals surface area contributed by atoms with Crippen molar-refractivity contribution >= 4 is 0 Å². The lowest BCUT2D eigenvalue weighted by Gasteiger charge is -2.21. The number of hydrogen-bond acceptors (Lipinski definition) is 3. The van der Waals surface area contributed by atoms with E-state index >= 15 is 0 Å². The topological polar surface area (TPSA) is 24.5 Å². The third kappa shape index (κ3) is 7.63. The second-order valence-electron chi connectivity index (χ2n) is 6.51. The van der Waals surface area contributed by atoms with Crippen LogP contribution in [0.3, 0.4) is 0 Å². The molecule has 0 bridgehead atoms. The van der Waals surface area contributed by atoms with Gasteiger partial charge in [-0.25, -0.2) is 0 Å². The predicted octanol–water partition coefficient (Wildman–Crippen LogP) is 3.04. The van der Waals surface area contributed by atoms with E-state index in [1.54, 1.807) is 7.11 Å². The van der Waals surface area contributed by atoms with Gasteiger partial charge in [0.1, 0.15) is 0 Å². The highest BCUT2D eigenvalue weighted by Gasteiger charge is 2.08. The summed E-state index contributed by atoms with van der Waals surface area (Å²) < 4.78 is 5.09. The minimum absolute atomic E-state index is 0.160. The van der Waals surface area contributed by atoms with Crippen LogP contribution in [0.15, 0.2) is 24.3 Å². The second-order valence-corrected chi connectivity index (χ2v) is 6.51. The van der Waals surface area contributed by atoms with Crippen LogP contribution in [0.5, 0.6) is 0 Å². The fourth-order valence-corrected chi connectivity index (χ4v) is 2.07. The molecule has 0 radical (unpaired) electrons. The fraction of sp³-hybridized carbons (Fsp3) is 0.647. The molecular weight excluding hydrogens is 248 g/mol. The van der Waals surface area contributed by atoms with Gasteiger partial charge in [0.25, 0.3) is 0 Å². The summed E-state index contributed by atoms with van der Waals surface area (Å²) in [6, 6.07) is 8.84. The van der Waals surface area contributed by atoms with Crippen LogP contribution in [0.2, 0.25) is 0 Å². The van der Waals surface area contributed by atoms with Gasteiger partial charge in [-0.3, -0.25) is 0 Å². The van der Waals surface area contributed by atoms with E-state index < -0.39 is 0 Å². The average Bonchev–Trinajstić information content (AvgIpc) is 2.36. The fourth-order valence-electron chi connectivity index (χ4n) is 2.07. The highest BCUT2D eigenvalue weighted by Crippen LogP contribution is 2.09. The van der Waals surface area contributed by atoms with Crippen LogP contribution < -0.4 is 5.32 Å². The van der Waals surface area contributed by atoms with Gasteiger partial charge in [0, 0.05) is 38.9 Å². The summed E-state index contributed by atoms with van der Waals surface area (Å²) >= 11 is 0. The number of benzene rings is 1. The molecule has 0 saturated carbocycles. The molecule has 1 N–H and O–H groups in total. The Hall–Kier alpha value is -0.900. The van der Waals surface area contributed by atoms with Gasteiger partial charge in [0.15, 0.2) is 0 Å². The summed E-state index contributed by atoms with van der Waals surface area (Å²) in [4.78, 5) is 2.34. The third-order valence-corrected chi connectivity index (χ3v) is 3.16. The molecule has 0 aliphatic heterocycles. The van der Waals surface area contributed by atoms with Gasteiger partial charge in [-0.05, 0) is 45.4 Å². The zero-order valence-electron chi connectivity index (χ0n) is 13.7. The highest BCUT2D eigenvalue weighted by molar-refractivity contribution is 5.23. The molecule has 0 spiro atoms. The van der Waals surface area contributed by atoms with Crippen molar-refractivity contribution in [2.24, 2.45) is 0 Å². The number of rotatable bonds is 8.